The van der Waals surface area contributed by atoms with Gasteiger partial charge in [0.05, 0.1) is 17.4 Å². The molecule has 110 valence electrons. The molecule has 3 N–H and O–H groups in total. The summed E-state index contributed by atoms with van der Waals surface area (Å²) in [5, 5.41) is 8.41. The van der Waals surface area contributed by atoms with Gasteiger partial charge < -0.3 is 16.0 Å². The molecule has 0 unspecified atom stereocenters. The predicted molar refractivity (Wildman–Crippen MR) is 79.7 cm³/mol. The summed E-state index contributed by atoms with van der Waals surface area (Å²) in [6, 6.07) is 3.81. The number of hydrogen-bond donors (Lipinski definition) is 3. The van der Waals surface area contributed by atoms with E-state index in [0.717, 1.165) is 6.07 Å². The van der Waals surface area contributed by atoms with Crippen LogP contribution < -0.4 is 16.0 Å². The number of rotatable bonds is 4. The van der Waals surface area contributed by atoms with Crippen LogP contribution in [0.4, 0.5) is 21.8 Å². The highest BCUT2D eigenvalue weighted by atomic mass is 35.5. The Morgan fingerprint density at radius 1 is 1.33 bits per heavy atom. The minimum atomic E-state index is -0.510. The molecule has 8 heteroatoms. The SMILES string of the molecule is CNC(=O)c1cc(F)ccc1Nc1nc(NC)ncc1Cl. The van der Waals surface area contributed by atoms with Gasteiger partial charge in [-0.1, -0.05) is 11.6 Å². The van der Waals surface area contributed by atoms with E-state index in [2.05, 4.69) is 25.9 Å². The molecule has 6 nitrogen and oxygen atoms in total. The van der Waals surface area contributed by atoms with Crippen molar-refractivity contribution in [1.82, 2.24) is 15.3 Å². The van der Waals surface area contributed by atoms with Crippen LogP contribution in [0.25, 0.3) is 0 Å². The molecule has 2 rings (SSSR count). The smallest absolute Gasteiger partial charge is 0.253 e. The van der Waals surface area contributed by atoms with Gasteiger partial charge in [-0.05, 0) is 18.2 Å². The summed E-state index contributed by atoms with van der Waals surface area (Å²) in [6.07, 6.45) is 1.42. The summed E-state index contributed by atoms with van der Waals surface area (Å²) < 4.78 is 13.3. The van der Waals surface area contributed by atoms with E-state index in [1.54, 1.807) is 7.05 Å². The predicted octanol–water partition coefficient (Wildman–Crippen LogP) is 2.41. The molecule has 1 heterocycles. The van der Waals surface area contributed by atoms with E-state index in [0.29, 0.717) is 17.5 Å². The van der Waals surface area contributed by atoms with Gasteiger partial charge in [0.1, 0.15) is 10.8 Å². The average molecular weight is 310 g/mol. The lowest BCUT2D eigenvalue weighted by molar-refractivity contribution is 0.0963. The molecule has 0 saturated carbocycles. The number of nitrogens with one attached hydrogen (secondary N) is 3. The molecule has 0 bridgehead atoms. The number of benzene rings is 1. The highest BCUT2D eigenvalue weighted by Gasteiger charge is 2.13. The van der Waals surface area contributed by atoms with Crippen LogP contribution in [-0.2, 0) is 0 Å². The number of carbonyl (C=O) groups is 1. The van der Waals surface area contributed by atoms with Gasteiger partial charge in [-0.3, -0.25) is 4.79 Å². The van der Waals surface area contributed by atoms with E-state index in [9.17, 15) is 9.18 Å². The molecule has 1 amide bonds. The van der Waals surface area contributed by atoms with Gasteiger partial charge in [-0.15, -0.1) is 0 Å². The quantitative estimate of drug-likeness (QED) is 0.808. The Kier molecular flexibility index (Phi) is 4.54. The standard InChI is InChI=1S/C13H13ClFN5O/c1-16-12(21)8-5-7(15)3-4-10(8)19-11-9(14)6-18-13(17-2)20-11/h3-6H,1-2H3,(H,16,21)(H2,17,18,19,20). The Balaban J connectivity index is 2.42. The third-order valence-electron chi connectivity index (χ3n) is 2.67. The van der Waals surface area contributed by atoms with Crippen LogP contribution in [0.1, 0.15) is 10.4 Å². The van der Waals surface area contributed by atoms with E-state index in [4.69, 9.17) is 11.6 Å². The summed E-state index contributed by atoms with van der Waals surface area (Å²) in [6.45, 7) is 0. The van der Waals surface area contributed by atoms with Crippen molar-refractivity contribution in [2.75, 3.05) is 24.7 Å². The van der Waals surface area contributed by atoms with E-state index in [-0.39, 0.29) is 10.6 Å². The maximum atomic E-state index is 13.3. The van der Waals surface area contributed by atoms with Crippen molar-refractivity contribution in [3.05, 3.63) is 40.8 Å². The average Bonchev–Trinajstić information content (AvgIpc) is 2.50. The second-order valence-corrected chi connectivity index (χ2v) is 4.44. The van der Waals surface area contributed by atoms with Crippen molar-refractivity contribution in [3.63, 3.8) is 0 Å². The zero-order valence-corrected chi connectivity index (χ0v) is 12.1. The summed E-state index contributed by atoms with van der Waals surface area (Å²) in [7, 11) is 3.13. The highest BCUT2D eigenvalue weighted by molar-refractivity contribution is 6.33. The zero-order valence-electron chi connectivity index (χ0n) is 11.4. The van der Waals surface area contributed by atoms with Crippen LogP contribution in [0.3, 0.4) is 0 Å². The fourth-order valence-electron chi connectivity index (χ4n) is 1.65. The van der Waals surface area contributed by atoms with Crippen LogP contribution in [0, 0.1) is 5.82 Å². The molecule has 21 heavy (non-hydrogen) atoms. The normalized spacial score (nSPS) is 10.1. The van der Waals surface area contributed by atoms with Crippen LogP contribution in [0.5, 0.6) is 0 Å². The van der Waals surface area contributed by atoms with E-state index in [1.165, 1.54) is 25.4 Å². The molecular weight excluding hydrogens is 297 g/mol. The lowest BCUT2D eigenvalue weighted by atomic mass is 10.1. The molecule has 1 aromatic carbocycles. The maximum Gasteiger partial charge on any atom is 0.253 e. The van der Waals surface area contributed by atoms with E-state index >= 15 is 0 Å². The number of amides is 1. The maximum absolute atomic E-state index is 13.3. The number of aromatic nitrogens is 2. The molecule has 2 aromatic rings. The van der Waals surface area contributed by atoms with Crippen LogP contribution >= 0.6 is 11.6 Å². The molecule has 0 saturated heterocycles. The first-order valence-corrected chi connectivity index (χ1v) is 6.42. The van der Waals surface area contributed by atoms with Crippen molar-refractivity contribution in [2.45, 2.75) is 0 Å². The van der Waals surface area contributed by atoms with Gasteiger partial charge >= 0.3 is 0 Å². The van der Waals surface area contributed by atoms with Crippen LogP contribution in [-0.4, -0.2) is 30.0 Å². The Hall–Kier alpha value is -2.41. The number of nitrogens with zero attached hydrogens (tertiary/aromatic N) is 2. The van der Waals surface area contributed by atoms with Gasteiger partial charge in [0.25, 0.3) is 5.91 Å². The first-order chi connectivity index (χ1) is 10.0. The third-order valence-corrected chi connectivity index (χ3v) is 2.95. The van der Waals surface area contributed by atoms with Crippen LogP contribution in [0.2, 0.25) is 5.02 Å². The van der Waals surface area contributed by atoms with Crippen molar-refractivity contribution >= 4 is 35.0 Å². The minimum absolute atomic E-state index is 0.151. The Bertz CT molecular complexity index is 680. The largest absolute Gasteiger partial charge is 0.357 e. The minimum Gasteiger partial charge on any atom is -0.357 e. The summed E-state index contributed by atoms with van der Waals surface area (Å²) in [5.41, 5.74) is 0.539. The van der Waals surface area contributed by atoms with Gasteiger partial charge in [-0.25, -0.2) is 9.37 Å². The topological polar surface area (TPSA) is 78.9 Å². The molecule has 0 radical (unpaired) electrons. The fourth-order valence-corrected chi connectivity index (χ4v) is 1.79. The first kappa shape index (κ1) is 15.0. The Morgan fingerprint density at radius 2 is 2.10 bits per heavy atom. The van der Waals surface area contributed by atoms with Crippen LogP contribution in [0.15, 0.2) is 24.4 Å². The van der Waals surface area contributed by atoms with E-state index in [1.807, 2.05) is 0 Å². The first-order valence-electron chi connectivity index (χ1n) is 6.04. The lowest BCUT2D eigenvalue weighted by Crippen LogP contribution is -2.19. The highest BCUT2D eigenvalue weighted by Crippen LogP contribution is 2.26. The molecule has 1 aromatic heterocycles. The molecule has 0 fully saturated rings. The van der Waals surface area contributed by atoms with Gasteiger partial charge in [0.15, 0.2) is 5.82 Å². The molecule has 0 spiro atoms. The van der Waals surface area contributed by atoms with Crippen molar-refractivity contribution in [2.24, 2.45) is 0 Å². The summed E-state index contributed by atoms with van der Waals surface area (Å²) >= 11 is 6.01. The summed E-state index contributed by atoms with van der Waals surface area (Å²) in [4.78, 5) is 19.9. The third kappa shape index (κ3) is 3.38. The van der Waals surface area contributed by atoms with Gasteiger partial charge in [0.2, 0.25) is 5.95 Å². The van der Waals surface area contributed by atoms with Gasteiger partial charge in [0, 0.05) is 14.1 Å². The fraction of sp³-hybridized carbons (Fsp3) is 0.154. The second-order valence-electron chi connectivity index (χ2n) is 4.03. The van der Waals surface area contributed by atoms with E-state index < -0.39 is 11.7 Å². The molecule has 0 atom stereocenters. The zero-order chi connectivity index (χ0) is 15.4. The number of anilines is 3. The molecule has 0 aliphatic rings. The number of halogens is 2. The Morgan fingerprint density at radius 3 is 2.76 bits per heavy atom. The molecular formula is C13H13ClFN5O. The second kappa shape index (κ2) is 6.36. The number of hydrogen-bond acceptors (Lipinski definition) is 5. The number of carbonyl (C=O) groups excluding carboxylic acids is 1. The Labute approximate surface area is 125 Å². The van der Waals surface area contributed by atoms with Crippen molar-refractivity contribution in [1.29, 1.82) is 0 Å². The molecule has 0 aliphatic heterocycles. The monoisotopic (exact) mass is 309 g/mol. The molecule has 0 aliphatic carbocycles. The lowest BCUT2D eigenvalue weighted by Gasteiger charge is -2.12. The van der Waals surface area contributed by atoms with Gasteiger partial charge in [-0.2, -0.15) is 4.98 Å². The van der Waals surface area contributed by atoms with Crippen molar-refractivity contribution in [3.8, 4) is 0 Å². The summed E-state index contributed by atoms with van der Waals surface area (Å²) in [5.74, 6) is -0.252. The van der Waals surface area contributed by atoms with Crippen molar-refractivity contribution < 1.29 is 9.18 Å².